The van der Waals surface area contributed by atoms with Gasteiger partial charge in [0.05, 0.1) is 32.5 Å². The molecule has 3 N–H and O–H groups in total. The Balaban J connectivity index is 1.04. The molecule has 23 heteroatoms. The molecule has 0 spiro atoms. The minimum atomic E-state index is -3.92. The average molecular weight is 698 g/mol. The van der Waals surface area contributed by atoms with Crippen LogP contribution in [0.25, 0.3) is 28.1 Å². The monoisotopic (exact) mass is 697 g/mol. The molecule has 8 rings (SSSR count). The van der Waals surface area contributed by atoms with E-state index in [2.05, 4.69) is 59.6 Å². The number of nitrogen functional groups attached to an aromatic ring is 1. The van der Waals surface area contributed by atoms with E-state index in [1.807, 2.05) is 0 Å². The molecule has 8 atom stereocenters. The van der Waals surface area contributed by atoms with Gasteiger partial charge in [0.25, 0.3) is 5.56 Å². The van der Waals surface area contributed by atoms with Gasteiger partial charge in [0.15, 0.2) is 17.0 Å². The fourth-order valence-corrected chi connectivity index (χ4v) is 8.85. The number of aromatic amines is 1. The molecule has 5 aromatic rings. The summed E-state index contributed by atoms with van der Waals surface area (Å²) < 4.78 is 60.7. The summed E-state index contributed by atoms with van der Waals surface area (Å²) in [6.07, 6.45) is 4.02. The van der Waals surface area contributed by atoms with Gasteiger partial charge in [-0.1, -0.05) is 24.5 Å². The van der Waals surface area contributed by atoms with Crippen LogP contribution >= 0.6 is 38.1 Å². The zero-order valence-corrected chi connectivity index (χ0v) is 26.5. The predicted octanol–water partition coefficient (Wildman–Crippen LogP) is 2.18. The first-order valence-corrected chi connectivity index (χ1v) is 19.1. The van der Waals surface area contributed by atoms with Gasteiger partial charge in [-0.15, -0.1) is 10.2 Å². The van der Waals surface area contributed by atoms with Gasteiger partial charge in [0, 0.05) is 18.4 Å². The highest BCUT2D eigenvalue weighted by Gasteiger charge is 2.47. The molecule has 19 nitrogen and oxygen atoms in total. The lowest BCUT2D eigenvalue weighted by Crippen LogP contribution is -2.43. The molecule has 0 radical (unpaired) electrons. The Bertz CT molecular complexity index is 2100. The highest BCUT2D eigenvalue weighted by Crippen LogP contribution is 2.60. The van der Waals surface area contributed by atoms with Crippen molar-refractivity contribution in [3.63, 3.8) is 0 Å². The Kier molecular flexibility index (Phi) is 7.12. The normalized spacial score (nSPS) is 34.5. The Morgan fingerprint density at radius 3 is 2.56 bits per heavy atom. The molecule has 7 heterocycles. The minimum absolute atomic E-state index is 0.00460. The summed E-state index contributed by atoms with van der Waals surface area (Å²) in [4.78, 5) is 32.7. The summed E-state index contributed by atoms with van der Waals surface area (Å²) in [5.74, 6) is -0.0593. The van der Waals surface area contributed by atoms with E-state index in [0.717, 1.165) is 0 Å². The van der Waals surface area contributed by atoms with Gasteiger partial charge < -0.3 is 29.1 Å². The van der Waals surface area contributed by atoms with Crippen molar-refractivity contribution in [2.75, 3.05) is 25.6 Å². The quantitative estimate of drug-likeness (QED) is 0.153. The highest BCUT2D eigenvalue weighted by molar-refractivity contribution is 8.44. The van der Waals surface area contributed by atoms with Crippen LogP contribution in [0.15, 0.2) is 30.1 Å². The fourth-order valence-electron chi connectivity index (χ4n) is 6.11. The third-order valence-electron chi connectivity index (χ3n) is 8.42. The number of H-pyrrole nitrogens is 1. The topological polar surface area (TPSA) is 231 Å². The molecule has 1 saturated carbocycles. The second-order valence-corrected chi connectivity index (χ2v) is 16.7. The van der Waals surface area contributed by atoms with Gasteiger partial charge in [-0.25, -0.2) is 33.5 Å². The molecule has 2 aliphatic heterocycles. The van der Waals surface area contributed by atoms with Gasteiger partial charge in [-0.3, -0.25) is 18.4 Å². The smallest absolute Gasteiger partial charge is 0.382 e. The third-order valence-corrected chi connectivity index (χ3v) is 11.7. The summed E-state index contributed by atoms with van der Waals surface area (Å²) in [7, 11) is 0. The van der Waals surface area contributed by atoms with Crippen molar-refractivity contribution in [2.24, 2.45) is 11.8 Å². The van der Waals surface area contributed by atoms with Crippen molar-refractivity contribution in [2.45, 2.75) is 37.3 Å². The second-order valence-electron chi connectivity index (χ2n) is 10.9. The minimum Gasteiger partial charge on any atom is -0.382 e. The van der Waals surface area contributed by atoms with Gasteiger partial charge in [0.2, 0.25) is 5.78 Å². The number of fused-ring (bicyclic) bond motifs is 5. The zero-order chi connectivity index (χ0) is 31.1. The van der Waals surface area contributed by atoms with E-state index in [1.54, 1.807) is 15.5 Å². The molecule has 0 bridgehead atoms. The van der Waals surface area contributed by atoms with Crippen molar-refractivity contribution in [1.29, 1.82) is 0 Å². The first-order valence-electron chi connectivity index (χ1n) is 13.7. The molecule has 5 aromatic heterocycles. The van der Waals surface area contributed by atoms with E-state index in [0.29, 0.717) is 23.2 Å². The number of nitrogens with two attached hydrogens (primary N) is 1. The Labute approximate surface area is 262 Å². The van der Waals surface area contributed by atoms with E-state index in [4.69, 9.17) is 28.6 Å². The van der Waals surface area contributed by atoms with Gasteiger partial charge in [-0.2, -0.15) is 0 Å². The molecule has 3 aliphatic rings. The van der Waals surface area contributed by atoms with Crippen LogP contribution in [-0.2, 0) is 32.0 Å². The number of anilines is 1. The largest absolute Gasteiger partial charge is 0.386 e. The SMILES string of the molecule is Nc1ncnc2c1ncn2[C@H]1C[C@@H]2O[P@](=O)(S)OC[C@H]3C[C@@H](n4cnc5c(=O)n6cnnc6[nH]c54)[C@@H]3CO[P@](=O)(S)OC[C@H]2O1. The van der Waals surface area contributed by atoms with Crippen molar-refractivity contribution in [3.8, 4) is 0 Å². The lowest BCUT2D eigenvalue weighted by molar-refractivity contribution is -0.0365. The van der Waals surface area contributed by atoms with Crippen LogP contribution in [0.2, 0.25) is 0 Å². The molecular weight excluding hydrogens is 672 g/mol. The van der Waals surface area contributed by atoms with Crippen LogP contribution in [-0.4, -0.2) is 80.7 Å². The number of hydrogen-bond donors (Lipinski definition) is 4. The molecule has 238 valence electrons. The van der Waals surface area contributed by atoms with Gasteiger partial charge >= 0.3 is 13.6 Å². The summed E-state index contributed by atoms with van der Waals surface area (Å²) in [6.45, 7) is -8.13. The maximum Gasteiger partial charge on any atom is 0.386 e. The number of ether oxygens (including phenoxy) is 1. The molecule has 3 fully saturated rings. The predicted molar refractivity (Wildman–Crippen MR) is 162 cm³/mol. The number of nitrogens with zero attached hydrogens (tertiary/aromatic N) is 9. The standard InChI is InChI=1S/C22H25N11O8P2S2/c23-18-16-19(25-6-24-18)32(8-26-16)15-2-13-14(40-15)5-39-42(35,44)38-4-11-10(3-37-43(36,45)41-13)1-12(11)31-7-27-17-20(31)29-22-30-28-9-33(22)21(17)34/h6-15H,1-5H2,(H,29,30)(H,35,44)(H,36,45)(H2,23,24,25)/t10-,11-,12-,13+,14-,15-,42+,43-/m1/s1. The van der Waals surface area contributed by atoms with Gasteiger partial charge in [-0.05, 0) is 12.3 Å². The Hall–Kier alpha value is -2.87. The van der Waals surface area contributed by atoms with E-state index in [9.17, 15) is 13.9 Å². The number of rotatable bonds is 2. The average Bonchev–Trinajstić information content (AvgIpc) is 3.77. The Morgan fingerprint density at radius 1 is 0.911 bits per heavy atom. The van der Waals surface area contributed by atoms with Crippen molar-refractivity contribution < 1.29 is 32.0 Å². The van der Waals surface area contributed by atoms with E-state index >= 15 is 0 Å². The van der Waals surface area contributed by atoms with Crippen LogP contribution in [0.1, 0.15) is 25.1 Å². The van der Waals surface area contributed by atoms with Crippen molar-refractivity contribution in [1.82, 2.24) is 48.7 Å². The number of aromatic nitrogens is 10. The lowest BCUT2D eigenvalue weighted by Gasteiger charge is -2.45. The number of nitrogens with one attached hydrogen (secondary N) is 1. The third kappa shape index (κ3) is 5.19. The van der Waals surface area contributed by atoms with E-state index < -0.39 is 32.0 Å². The zero-order valence-electron chi connectivity index (χ0n) is 23.0. The van der Waals surface area contributed by atoms with Crippen LogP contribution in [0.4, 0.5) is 5.82 Å². The summed E-state index contributed by atoms with van der Waals surface area (Å²) in [5.41, 5.74) is 7.03. The number of hydrogen-bond acceptors (Lipinski definition) is 15. The molecule has 45 heavy (non-hydrogen) atoms. The van der Waals surface area contributed by atoms with E-state index in [1.165, 1.54) is 23.4 Å². The molecule has 1 aliphatic carbocycles. The van der Waals surface area contributed by atoms with Crippen LogP contribution in [0, 0.1) is 11.8 Å². The molecule has 0 unspecified atom stereocenters. The molecular formula is C22H25N11O8P2S2. The van der Waals surface area contributed by atoms with Crippen LogP contribution in [0.3, 0.4) is 0 Å². The lowest BCUT2D eigenvalue weighted by atomic mass is 9.70. The van der Waals surface area contributed by atoms with Gasteiger partial charge in [0.1, 0.15) is 42.3 Å². The summed E-state index contributed by atoms with van der Waals surface area (Å²) >= 11 is 8.45. The van der Waals surface area contributed by atoms with E-state index in [-0.39, 0.29) is 66.8 Å². The first-order chi connectivity index (χ1) is 21.6. The molecule has 0 aromatic carbocycles. The van der Waals surface area contributed by atoms with Crippen molar-refractivity contribution in [3.05, 3.63) is 35.7 Å². The molecule has 0 amide bonds. The summed E-state index contributed by atoms with van der Waals surface area (Å²) in [5, 5.41) is 7.71. The van der Waals surface area contributed by atoms with Crippen LogP contribution in [0.5, 0.6) is 0 Å². The first kappa shape index (κ1) is 29.5. The Morgan fingerprint density at radius 2 is 1.69 bits per heavy atom. The maximum atomic E-state index is 13.5. The van der Waals surface area contributed by atoms with Crippen LogP contribution < -0.4 is 11.3 Å². The number of thiol groups is 2. The second kappa shape index (κ2) is 10.9. The fraction of sp³-hybridized carbons (Fsp3) is 0.500. The highest BCUT2D eigenvalue weighted by atomic mass is 32.7. The number of imidazole rings is 2. The van der Waals surface area contributed by atoms with Crippen molar-refractivity contribution >= 4 is 72.0 Å². The molecule has 2 saturated heterocycles. The summed E-state index contributed by atoms with van der Waals surface area (Å²) in [6, 6.07) is -0.255. The maximum absolute atomic E-state index is 13.5.